The largest absolute Gasteiger partial charge is 0.760 e. The lowest BCUT2D eigenvalue weighted by Crippen LogP contribution is -2.60. The second kappa shape index (κ2) is 8.19. The van der Waals surface area contributed by atoms with Crippen molar-refractivity contribution >= 4 is 34.5 Å². The second-order valence-corrected chi connectivity index (χ2v) is 9.15. The second-order valence-electron chi connectivity index (χ2n) is 7.37. The first-order chi connectivity index (χ1) is 13.0. The summed E-state index contributed by atoms with van der Waals surface area (Å²) in [6.45, 7) is 2.09. The Balaban J connectivity index is 1.54. The van der Waals surface area contributed by atoms with Crippen LogP contribution in [0.2, 0.25) is 10.0 Å². The Labute approximate surface area is 172 Å². The van der Waals surface area contributed by atoms with E-state index in [9.17, 15) is 8.76 Å². The van der Waals surface area contributed by atoms with E-state index in [1.165, 1.54) is 0 Å². The maximum absolute atomic E-state index is 11.7. The van der Waals surface area contributed by atoms with Crippen LogP contribution >= 0.6 is 23.2 Å². The number of nitrogens with zero attached hydrogens (tertiary/aromatic N) is 2. The minimum atomic E-state index is -2.16. The summed E-state index contributed by atoms with van der Waals surface area (Å²) in [5.41, 5.74) is 2.27. The van der Waals surface area contributed by atoms with Crippen LogP contribution < -0.4 is 0 Å². The molecule has 1 unspecified atom stereocenters. The Kier molecular flexibility index (Phi) is 5.88. The molecule has 2 aromatic carbocycles. The van der Waals surface area contributed by atoms with Crippen molar-refractivity contribution in [2.75, 3.05) is 19.6 Å². The van der Waals surface area contributed by atoms with E-state index in [1.807, 2.05) is 48.5 Å². The Bertz CT molecular complexity index is 760. The van der Waals surface area contributed by atoms with Gasteiger partial charge in [-0.1, -0.05) is 47.5 Å². The molecule has 1 saturated heterocycles. The molecular formula is C20H21Cl2N2O2S-. The molecule has 1 aliphatic carbocycles. The molecule has 0 spiro atoms. The van der Waals surface area contributed by atoms with Gasteiger partial charge in [0.25, 0.3) is 0 Å². The van der Waals surface area contributed by atoms with Gasteiger partial charge in [-0.3, -0.25) is 9.11 Å². The third-order valence-electron chi connectivity index (χ3n) is 5.36. The van der Waals surface area contributed by atoms with Gasteiger partial charge in [-0.05, 0) is 54.2 Å². The standard InChI is InChI=1S/C20H22Cl2N2O2S/c21-17-7-3-15(4-8-17)20(16-5-9-18(22)10-6-16)23-12-19(13-23)24(27(25)26)11-14-1-2-14/h3-10,14,19-20H,1-2,11-13H2,(H,25,26)/p-1. The summed E-state index contributed by atoms with van der Waals surface area (Å²) in [5, 5.41) is 1.40. The van der Waals surface area contributed by atoms with Crippen molar-refractivity contribution in [3.05, 3.63) is 69.7 Å². The fourth-order valence-corrected chi connectivity index (χ4v) is 4.63. The Morgan fingerprint density at radius 3 is 1.89 bits per heavy atom. The molecular weight excluding hydrogens is 403 g/mol. The highest BCUT2D eigenvalue weighted by Crippen LogP contribution is 2.37. The number of rotatable bonds is 7. The lowest BCUT2D eigenvalue weighted by molar-refractivity contribution is 0.0505. The molecule has 0 radical (unpaired) electrons. The molecule has 2 aliphatic rings. The van der Waals surface area contributed by atoms with E-state index < -0.39 is 11.3 Å². The molecule has 2 aromatic rings. The van der Waals surface area contributed by atoms with E-state index in [1.54, 1.807) is 4.31 Å². The van der Waals surface area contributed by atoms with Gasteiger partial charge in [0, 0.05) is 47.0 Å². The van der Waals surface area contributed by atoms with Crippen molar-refractivity contribution in [1.82, 2.24) is 9.21 Å². The van der Waals surface area contributed by atoms with Crippen LogP contribution in [0.4, 0.5) is 0 Å². The molecule has 0 amide bonds. The van der Waals surface area contributed by atoms with Crippen LogP contribution in [0.3, 0.4) is 0 Å². The lowest BCUT2D eigenvalue weighted by Gasteiger charge is -2.49. The zero-order valence-corrected chi connectivity index (χ0v) is 17.1. The molecule has 1 atom stereocenters. The molecule has 1 heterocycles. The lowest BCUT2D eigenvalue weighted by atomic mass is 9.93. The molecule has 4 nitrogen and oxygen atoms in total. The Morgan fingerprint density at radius 2 is 1.48 bits per heavy atom. The number of halogens is 2. The highest BCUT2D eigenvalue weighted by Gasteiger charge is 2.39. The van der Waals surface area contributed by atoms with Gasteiger partial charge < -0.3 is 4.55 Å². The molecule has 144 valence electrons. The van der Waals surface area contributed by atoms with E-state index in [0.717, 1.165) is 37.1 Å². The maximum Gasteiger partial charge on any atom is 0.0602 e. The monoisotopic (exact) mass is 423 g/mol. The van der Waals surface area contributed by atoms with Gasteiger partial charge >= 0.3 is 0 Å². The fraction of sp³-hybridized carbons (Fsp3) is 0.400. The molecule has 27 heavy (non-hydrogen) atoms. The van der Waals surface area contributed by atoms with Crippen LogP contribution in [0.1, 0.15) is 30.0 Å². The Hall–Kier alpha value is -0.950. The summed E-state index contributed by atoms with van der Waals surface area (Å²) < 4.78 is 25.0. The predicted molar refractivity (Wildman–Crippen MR) is 108 cm³/mol. The van der Waals surface area contributed by atoms with Crippen molar-refractivity contribution in [3.63, 3.8) is 0 Å². The molecule has 2 fully saturated rings. The summed E-state index contributed by atoms with van der Waals surface area (Å²) in [4.78, 5) is 2.31. The summed E-state index contributed by atoms with van der Waals surface area (Å²) >= 11 is 9.95. The van der Waals surface area contributed by atoms with E-state index in [4.69, 9.17) is 23.2 Å². The van der Waals surface area contributed by atoms with Crippen LogP contribution in [0.5, 0.6) is 0 Å². The minimum Gasteiger partial charge on any atom is -0.760 e. The van der Waals surface area contributed by atoms with Gasteiger partial charge in [0.1, 0.15) is 0 Å². The first-order valence-corrected chi connectivity index (χ1v) is 10.9. The van der Waals surface area contributed by atoms with E-state index in [0.29, 0.717) is 22.5 Å². The highest BCUT2D eigenvalue weighted by molar-refractivity contribution is 7.76. The topological polar surface area (TPSA) is 46.6 Å². The number of hydrogen-bond donors (Lipinski definition) is 0. The molecule has 0 aromatic heterocycles. The van der Waals surface area contributed by atoms with Crippen LogP contribution in [0, 0.1) is 5.92 Å². The average molecular weight is 424 g/mol. The van der Waals surface area contributed by atoms with Gasteiger partial charge in [-0.25, -0.2) is 4.31 Å². The van der Waals surface area contributed by atoms with Crippen molar-refractivity contribution in [3.8, 4) is 0 Å². The number of hydrogen-bond acceptors (Lipinski definition) is 3. The number of likely N-dealkylation sites (tertiary alicyclic amines) is 1. The zero-order valence-electron chi connectivity index (χ0n) is 14.8. The molecule has 0 bridgehead atoms. The van der Waals surface area contributed by atoms with Gasteiger partial charge in [0.2, 0.25) is 0 Å². The Morgan fingerprint density at radius 1 is 1.00 bits per heavy atom. The van der Waals surface area contributed by atoms with Gasteiger partial charge in [-0.2, -0.15) is 0 Å². The van der Waals surface area contributed by atoms with Crippen LogP contribution in [0.15, 0.2) is 48.5 Å². The summed E-state index contributed by atoms with van der Waals surface area (Å²) in [6, 6.07) is 15.8. The van der Waals surface area contributed by atoms with Crippen molar-refractivity contribution < 1.29 is 8.76 Å². The zero-order chi connectivity index (χ0) is 19.0. The van der Waals surface area contributed by atoms with Gasteiger partial charge in [0.15, 0.2) is 0 Å². The summed E-state index contributed by atoms with van der Waals surface area (Å²) in [6.07, 6.45) is 2.28. The third kappa shape index (κ3) is 4.56. The molecule has 7 heteroatoms. The fourth-order valence-electron chi connectivity index (χ4n) is 3.67. The highest BCUT2D eigenvalue weighted by atomic mass is 35.5. The van der Waals surface area contributed by atoms with Crippen LogP contribution in [0.25, 0.3) is 0 Å². The maximum atomic E-state index is 11.7. The predicted octanol–water partition coefficient (Wildman–Crippen LogP) is 4.27. The van der Waals surface area contributed by atoms with E-state index in [-0.39, 0.29) is 12.1 Å². The first-order valence-electron chi connectivity index (χ1n) is 9.12. The average Bonchev–Trinajstić information content (AvgIpc) is 3.42. The smallest absolute Gasteiger partial charge is 0.0602 e. The van der Waals surface area contributed by atoms with Crippen molar-refractivity contribution in [2.24, 2.45) is 5.92 Å². The normalized spacial score (nSPS) is 19.4. The molecule has 4 rings (SSSR count). The quantitative estimate of drug-likeness (QED) is 0.624. The SMILES string of the molecule is O=S([O-])N(CC1CC1)C1CN(C(c2ccc(Cl)cc2)c2ccc(Cl)cc2)C1. The third-order valence-corrected chi connectivity index (χ3v) is 6.70. The van der Waals surface area contributed by atoms with Crippen LogP contribution in [-0.4, -0.2) is 43.6 Å². The molecule has 1 saturated carbocycles. The van der Waals surface area contributed by atoms with Gasteiger partial charge in [0.05, 0.1) is 6.04 Å². The molecule has 1 aliphatic heterocycles. The van der Waals surface area contributed by atoms with E-state index >= 15 is 0 Å². The van der Waals surface area contributed by atoms with Crippen molar-refractivity contribution in [2.45, 2.75) is 24.9 Å². The van der Waals surface area contributed by atoms with Crippen LogP contribution in [-0.2, 0) is 11.3 Å². The van der Waals surface area contributed by atoms with Crippen molar-refractivity contribution in [1.29, 1.82) is 0 Å². The summed E-state index contributed by atoms with van der Waals surface area (Å²) in [7, 11) is 0. The molecule has 0 N–H and O–H groups in total. The first kappa shape index (κ1) is 19.4. The number of benzene rings is 2. The van der Waals surface area contributed by atoms with Gasteiger partial charge in [-0.15, -0.1) is 0 Å². The summed E-state index contributed by atoms with van der Waals surface area (Å²) in [5.74, 6) is 0.542. The minimum absolute atomic E-state index is 0.0473. The van der Waals surface area contributed by atoms with E-state index in [2.05, 4.69) is 4.90 Å².